The lowest BCUT2D eigenvalue weighted by Gasteiger charge is -2.05. The Morgan fingerprint density at radius 3 is 2.48 bits per heavy atom. The van der Waals surface area contributed by atoms with Gasteiger partial charge in [-0.2, -0.15) is 0 Å². The molecule has 0 atom stereocenters. The van der Waals surface area contributed by atoms with Gasteiger partial charge in [0.1, 0.15) is 0 Å². The van der Waals surface area contributed by atoms with Gasteiger partial charge in [-0.1, -0.05) is 18.2 Å². The van der Waals surface area contributed by atoms with Crippen molar-refractivity contribution in [3.8, 4) is 0 Å². The van der Waals surface area contributed by atoms with Gasteiger partial charge in [-0.15, -0.1) is 0 Å². The molecule has 5 nitrogen and oxygen atoms in total. The number of hydrogen-bond donors (Lipinski definition) is 1. The molecule has 112 valence electrons. The standard InChI is InChI=1S/C15H17NO4S/c17-15(18)9-5-4-6-13-10-11-16(12-13)21(19,20)14-7-2-1-3-8-14/h1-3,7-8,10-12H,4-6,9H2,(H,17,18). The van der Waals surface area contributed by atoms with Crippen molar-refractivity contribution in [2.24, 2.45) is 0 Å². The monoisotopic (exact) mass is 307 g/mol. The largest absolute Gasteiger partial charge is 0.481 e. The molecule has 6 heteroatoms. The number of rotatable bonds is 7. The summed E-state index contributed by atoms with van der Waals surface area (Å²) in [5, 5.41) is 8.56. The van der Waals surface area contributed by atoms with Crippen LogP contribution in [-0.4, -0.2) is 23.5 Å². The van der Waals surface area contributed by atoms with Gasteiger partial charge in [-0.05, 0) is 43.0 Å². The topological polar surface area (TPSA) is 76.4 Å². The van der Waals surface area contributed by atoms with Gasteiger partial charge in [0.15, 0.2) is 0 Å². The van der Waals surface area contributed by atoms with Gasteiger partial charge in [-0.3, -0.25) is 4.79 Å². The third-order valence-corrected chi connectivity index (χ3v) is 4.80. The van der Waals surface area contributed by atoms with E-state index in [0.717, 1.165) is 12.0 Å². The molecular weight excluding hydrogens is 290 g/mol. The Hall–Kier alpha value is -2.08. The molecule has 0 spiro atoms. The molecule has 1 aromatic carbocycles. The molecule has 0 unspecified atom stereocenters. The fourth-order valence-electron chi connectivity index (χ4n) is 2.04. The normalized spacial score (nSPS) is 11.4. The molecule has 0 amide bonds. The minimum atomic E-state index is -3.54. The summed E-state index contributed by atoms with van der Waals surface area (Å²) < 4.78 is 25.9. The third-order valence-electron chi connectivity index (χ3n) is 3.15. The van der Waals surface area contributed by atoms with Crippen LogP contribution in [0.4, 0.5) is 0 Å². The molecule has 0 aliphatic heterocycles. The maximum absolute atomic E-state index is 12.4. The van der Waals surface area contributed by atoms with E-state index >= 15 is 0 Å². The average Bonchev–Trinajstić information content (AvgIpc) is 2.94. The van der Waals surface area contributed by atoms with E-state index in [1.54, 1.807) is 42.6 Å². The zero-order valence-electron chi connectivity index (χ0n) is 11.5. The number of hydrogen-bond acceptors (Lipinski definition) is 3. The number of aromatic nitrogens is 1. The Morgan fingerprint density at radius 2 is 1.81 bits per heavy atom. The first-order chi connectivity index (χ1) is 10.00. The smallest absolute Gasteiger partial charge is 0.303 e. The van der Waals surface area contributed by atoms with E-state index in [0.29, 0.717) is 12.8 Å². The number of benzene rings is 1. The van der Waals surface area contributed by atoms with Gasteiger partial charge in [0.2, 0.25) is 0 Å². The number of aryl methyl sites for hydroxylation is 1. The van der Waals surface area contributed by atoms with E-state index in [2.05, 4.69) is 0 Å². The summed E-state index contributed by atoms with van der Waals surface area (Å²) in [5.74, 6) is -0.806. The first-order valence-corrected chi connectivity index (χ1v) is 8.13. The van der Waals surface area contributed by atoms with Crippen LogP contribution in [0.25, 0.3) is 0 Å². The molecule has 21 heavy (non-hydrogen) atoms. The van der Waals surface area contributed by atoms with Crippen LogP contribution in [0.1, 0.15) is 24.8 Å². The number of nitrogens with zero attached hydrogens (tertiary/aromatic N) is 1. The van der Waals surface area contributed by atoms with E-state index in [-0.39, 0.29) is 11.3 Å². The van der Waals surface area contributed by atoms with Crippen molar-refractivity contribution in [2.75, 3.05) is 0 Å². The minimum Gasteiger partial charge on any atom is -0.481 e. The molecule has 0 saturated heterocycles. The van der Waals surface area contributed by atoms with Gasteiger partial charge < -0.3 is 5.11 Å². The fourth-order valence-corrected chi connectivity index (χ4v) is 3.28. The highest BCUT2D eigenvalue weighted by atomic mass is 32.2. The number of unbranched alkanes of at least 4 members (excludes halogenated alkanes) is 1. The number of carbonyl (C=O) groups is 1. The van der Waals surface area contributed by atoms with E-state index in [9.17, 15) is 13.2 Å². The van der Waals surface area contributed by atoms with Crippen LogP contribution in [0.3, 0.4) is 0 Å². The van der Waals surface area contributed by atoms with E-state index in [1.807, 2.05) is 0 Å². The maximum atomic E-state index is 12.4. The summed E-state index contributed by atoms with van der Waals surface area (Å²) in [7, 11) is -3.54. The summed E-state index contributed by atoms with van der Waals surface area (Å²) in [5.41, 5.74) is 0.889. The van der Waals surface area contributed by atoms with Crippen LogP contribution in [0.2, 0.25) is 0 Å². The Labute approximate surface area is 123 Å². The molecule has 1 heterocycles. The summed E-state index contributed by atoms with van der Waals surface area (Å²) in [6, 6.07) is 10.00. The van der Waals surface area contributed by atoms with Crippen molar-refractivity contribution in [1.29, 1.82) is 0 Å². The molecule has 1 N–H and O–H groups in total. The summed E-state index contributed by atoms with van der Waals surface area (Å²) in [6.45, 7) is 0. The van der Waals surface area contributed by atoms with Crippen LogP contribution in [0.15, 0.2) is 53.7 Å². The van der Waals surface area contributed by atoms with Crippen molar-refractivity contribution in [1.82, 2.24) is 3.97 Å². The van der Waals surface area contributed by atoms with Crippen molar-refractivity contribution in [2.45, 2.75) is 30.6 Å². The molecule has 0 fully saturated rings. The maximum Gasteiger partial charge on any atom is 0.303 e. The second-order valence-electron chi connectivity index (χ2n) is 4.77. The summed E-state index contributed by atoms with van der Waals surface area (Å²) in [4.78, 5) is 10.7. The number of aliphatic carboxylic acids is 1. The second kappa shape index (κ2) is 6.58. The Bertz CT molecular complexity index is 704. The Kier molecular flexibility index (Phi) is 4.80. The number of carboxylic acid groups (broad SMARTS) is 1. The average molecular weight is 307 g/mol. The minimum absolute atomic E-state index is 0.142. The van der Waals surface area contributed by atoms with Gasteiger partial charge in [0.25, 0.3) is 10.0 Å². The van der Waals surface area contributed by atoms with Gasteiger partial charge in [0.05, 0.1) is 4.90 Å². The zero-order chi connectivity index (χ0) is 15.3. The fraction of sp³-hybridized carbons (Fsp3) is 0.267. The quantitative estimate of drug-likeness (QED) is 0.797. The molecule has 0 aliphatic carbocycles. The van der Waals surface area contributed by atoms with Crippen molar-refractivity contribution >= 4 is 16.0 Å². The molecule has 0 radical (unpaired) electrons. The highest BCUT2D eigenvalue weighted by molar-refractivity contribution is 7.90. The van der Waals surface area contributed by atoms with E-state index in [1.165, 1.54) is 10.2 Å². The van der Waals surface area contributed by atoms with Crippen molar-refractivity contribution in [3.05, 3.63) is 54.4 Å². The molecule has 0 saturated carbocycles. The molecule has 1 aromatic heterocycles. The van der Waals surface area contributed by atoms with Crippen LogP contribution in [0.5, 0.6) is 0 Å². The highest BCUT2D eigenvalue weighted by Gasteiger charge is 2.15. The van der Waals surface area contributed by atoms with Gasteiger partial charge in [0, 0.05) is 18.8 Å². The van der Waals surface area contributed by atoms with Crippen molar-refractivity contribution in [3.63, 3.8) is 0 Å². The van der Waals surface area contributed by atoms with Crippen LogP contribution < -0.4 is 0 Å². The van der Waals surface area contributed by atoms with Crippen LogP contribution in [-0.2, 0) is 21.2 Å². The molecular formula is C15H17NO4S. The number of carboxylic acids is 1. The zero-order valence-corrected chi connectivity index (χ0v) is 12.3. The van der Waals surface area contributed by atoms with E-state index < -0.39 is 16.0 Å². The van der Waals surface area contributed by atoms with Crippen molar-refractivity contribution < 1.29 is 18.3 Å². The highest BCUT2D eigenvalue weighted by Crippen LogP contribution is 2.16. The van der Waals surface area contributed by atoms with E-state index in [4.69, 9.17) is 5.11 Å². The Balaban J connectivity index is 2.04. The predicted octanol–water partition coefficient (Wildman–Crippen LogP) is 2.52. The molecule has 0 bridgehead atoms. The van der Waals surface area contributed by atoms with Gasteiger partial charge in [-0.25, -0.2) is 12.4 Å². The third kappa shape index (κ3) is 3.95. The van der Waals surface area contributed by atoms with Crippen LogP contribution >= 0.6 is 0 Å². The molecule has 2 aromatic rings. The lowest BCUT2D eigenvalue weighted by molar-refractivity contribution is -0.137. The first kappa shape index (κ1) is 15.3. The van der Waals surface area contributed by atoms with Gasteiger partial charge >= 0.3 is 5.97 Å². The lowest BCUT2D eigenvalue weighted by atomic mass is 10.1. The summed E-state index contributed by atoms with van der Waals surface area (Å²) >= 11 is 0. The summed E-state index contributed by atoms with van der Waals surface area (Å²) in [6.07, 6.45) is 5.24. The Morgan fingerprint density at radius 1 is 1.10 bits per heavy atom. The van der Waals surface area contributed by atoms with Crippen LogP contribution in [0, 0.1) is 0 Å². The molecule has 2 rings (SSSR count). The first-order valence-electron chi connectivity index (χ1n) is 6.69. The second-order valence-corrected chi connectivity index (χ2v) is 6.61. The SMILES string of the molecule is O=C(O)CCCCc1ccn(S(=O)(=O)c2ccccc2)c1. The predicted molar refractivity (Wildman–Crippen MR) is 78.6 cm³/mol. The lowest BCUT2D eigenvalue weighted by Crippen LogP contribution is -2.10. The molecule has 0 aliphatic rings.